The number of hydrogen-bond acceptors (Lipinski definition) is 4. The number of carbonyl (C=O) groups excluding carboxylic acids is 1. The molecule has 2 aromatic heterocycles. The number of methoxy groups -OCH3 is 1. The zero-order valence-electron chi connectivity index (χ0n) is 12.2. The fourth-order valence-corrected chi connectivity index (χ4v) is 2.36. The molecule has 2 N–H and O–H groups in total. The monoisotopic (exact) mass is 297 g/mol. The number of phenols is 1. The van der Waals surface area contributed by atoms with E-state index in [1.54, 1.807) is 55.0 Å². The van der Waals surface area contributed by atoms with Crippen LogP contribution >= 0.6 is 0 Å². The summed E-state index contributed by atoms with van der Waals surface area (Å²) in [5.41, 5.74) is 2.13. The number of amides is 1. The fraction of sp³-hybridized carbons (Fsp3) is 0.125. The van der Waals surface area contributed by atoms with Crippen molar-refractivity contribution in [3.8, 4) is 11.5 Å². The number of aromatic hydroxyl groups is 1. The van der Waals surface area contributed by atoms with E-state index in [-0.39, 0.29) is 11.7 Å². The molecule has 0 radical (unpaired) electrons. The summed E-state index contributed by atoms with van der Waals surface area (Å²) in [7, 11) is 1.56. The van der Waals surface area contributed by atoms with E-state index in [0.29, 0.717) is 28.5 Å². The maximum atomic E-state index is 12.5. The topological polar surface area (TPSA) is 75.9 Å². The number of rotatable bonds is 3. The van der Waals surface area contributed by atoms with Gasteiger partial charge in [0.25, 0.3) is 5.91 Å². The first-order chi connectivity index (χ1) is 10.6. The number of pyridine rings is 1. The van der Waals surface area contributed by atoms with Crippen LogP contribution in [0.15, 0.2) is 42.6 Å². The van der Waals surface area contributed by atoms with Crippen LogP contribution in [0, 0.1) is 6.92 Å². The predicted molar refractivity (Wildman–Crippen MR) is 82.5 cm³/mol. The molecular formula is C16H15N3O3. The van der Waals surface area contributed by atoms with Crippen LogP contribution in [0.4, 0.5) is 5.69 Å². The molecule has 0 aliphatic carbocycles. The number of aryl methyl sites for hydroxylation is 1. The standard InChI is InChI=1S/C16H15N3O3/c1-10-14(16(21)18-11-5-3-6-12(20)9-11)19-8-4-7-13(22-2)15(19)17-10/h3-9,20H,1-2H3,(H,18,21). The van der Waals surface area contributed by atoms with Gasteiger partial charge in [0.15, 0.2) is 11.4 Å². The molecule has 0 saturated carbocycles. The summed E-state index contributed by atoms with van der Waals surface area (Å²) in [4.78, 5) is 16.9. The number of imidazole rings is 1. The van der Waals surface area contributed by atoms with Gasteiger partial charge in [0.1, 0.15) is 11.4 Å². The molecule has 0 aliphatic rings. The number of fused-ring (bicyclic) bond motifs is 1. The molecule has 0 bridgehead atoms. The number of benzene rings is 1. The third-order valence-corrected chi connectivity index (χ3v) is 3.33. The van der Waals surface area contributed by atoms with E-state index in [2.05, 4.69) is 10.3 Å². The van der Waals surface area contributed by atoms with E-state index in [9.17, 15) is 9.90 Å². The van der Waals surface area contributed by atoms with Crippen LogP contribution in [0.25, 0.3) is 5.65 Å². The van der Waals surface area contributed by atoms with Gasteiger partial charge in [-0.05, 0) is 31.2 Å². The maximum Gasteiger partial charge on any atom is 0.274 e. The first kappa shape index (κ1) is 13.9. The Morgan fingerprint density at radius 2 is 2.14 bits per heavy atom. The molecule has 1 aromatic carbocycles. The van der Waals surface area contributed by atoms with Crippen molar-refractivity contribution in [1.82, 2.24) is 9.38 Å². The highest BCUT2D eigenvalue weighted by Crippen LogP contribution is 2.23. The molecule has 3 rings (SSSR count). The Balaban J connectivity index is 2.02. The first-order valence-corrected chi connectivity index (χ1v) is 6.72. The Hall–Kier alpha value is -3.02. The summed E-state index contributed by atoms with van der Waals surface area (Å²) in [6.45, 7) is 1.77. The molecular weight excluding hydrogens is 282 g/mol. The Bertz CT molecular complexity index is 855. The molecule has 112 valence electrons. The fourth-order valence-electron chi connectivity index (χ4n) is 2.36. The molecule has 1 amide bonds. The molecule has 0 aliphatic heterocycles. The average Bonchev–Trinajstić information content (AvgIpc) is 2.83. The van der Waals surface area contributed by atoms with Gasteiger partial charge in [-0.25, -0.2) is 4.98 Å². The van der Waals surface area contributed by atoms with Gasteiger partial charge in [0.2, 0.25) is 0 Å². The van der Waals surface area contributed by atoms with Gasteiger partial charge in [0, 0.05) is 18.0 Å². The minimum Gasteiger partial charge on any atom is -0.508 e. The quantitative estimate of drug-likeness (QED) is 0.779. The zero-order chi connectivity index (χ0) is 15.7. The molecule has 0 saturated heterocycles. The second-order valence-corrected chi connectivity index (χ2v) is 4.82. The van der Waals surface area contributed by atoms with Crippen LogP contribution in [0.3, 0.4) is 0 Å². The van der Waals surface area contributed by atoms with Gasteiger partial charge in [-0.1, -0.05) is 6.07 Å². The predicted octanol–water partition coefficient (Wildman–Crippen LogP) is 2.61. The van der Waals surface area contributed by atoms with Crippen molar-refractivity contribution < 1.29 is 14.6 Å². The zero-order valence-corrected chi connectivity index (χ0v) is 12.2. The minimum atomic E-state index is -0.302. The summed E-state index contributed by atoms with van der Waals surface area (Å²) in [6, 6.07) is 9.97. The van der Waals surface area contributed by atoms with Gasteiger partial charge in [-0.3, -0.25) is 9.20 Å². The second kappa shape index (κ2) is 5.40. The van der Waals surface area contributed by atoms with Gasteiger partial charge >= 0.3 is 0 Å². The Labute approximate surface area is 127 Å². The highest BCUT2D eigenvalue weighted by atomic mass is 16.5. The number of anilines is 1. The normalized spacial score (nSPS) is 10.6. The third-order valence-electron chi connectivity index (χ3n) is 3.33. The molecule has 0 unspecified atom stereocenters. The van der Waals surface area contributed by atoms with Crippen LogP contribution in [0.5, 0.6) is 11.5 Å². The summed E-state index contributed by atoms with van der Waals surface area (Å²) in [5, 5.41) is 12.2. The average molecular weight is 297 g/mol. The number of hydrogen-bond donors (Lipinski definition) is 2. The minimum absolute atomic E-state index is 0.0920. The van der Waals surface area contributed by atoms with Crippen molar-refractivity contribution in [3.05, 3.63) is 54.0 Å². The van der Waals surface area contributed by atoms with Crippen LogP contribution in [-0.2, 0) is 0 Å². The SMILES string of the molecule is COc1cccn2c(C(=O)Nc3cccc(O)c3)c(C)nc12. The molecule has 0 fully saturated rings. The molecule has 22 heavy (non-hydrogen) atoms. The van der Waals surface area contributed by atoms with Crippen molar-refractivity contribution in [1.29, 1.82) is 0 Å². The van der Waals surface area contributed by atoms with Crippen molar-refractivity contribution in [2.75, 3.05) is 12.4 Å². The lowest BCUT2D eigenvalue weighted by atomic mass is 10.2. The van der Waals surface area contributed by atoms with Crippen molar-refractivity contribution >= 4 is 17.2 Å². The highest BCUT2D eigenvalue weighted by molar-refractivity contribution is 6.04. The van der Waals surface area contributed by atoms with Gasteiger partial charge in [0.05, 0.1) is 12.8 Å². The Morgan fingerprint density at radius 3 is 2.86 bits per heavy atom. The number of phenolic OH excluding ortho intramolecular Hbond substituents is 1. The van der Waals surface area contributed by atoms with Crippen LogP contribution in [0.2, 0.25) is 0 Å². The van der Waals surface area contributed by atoms with Crippen LogP contribution in [-0.4, -0.2) is 27.5 Å². The van der Waals surface area contributed by atoms with Gasteiger partial charge in [-0.15, -0.1) is 0 Å². The van der Waals surface area contributed by atoms with Gasteiger partial charge < -0.3 is 15.2 Å². The number of aromatic nitrogens is 2. The highest BCUT2D eigenvalue weighted by Gasteiger charge is 2.18. The van der Waals surface area contributed by atoms with Crippen molar-refractivity contribution in [3.63, 3.8) is 0 Å². The van der Waals surface area contributed by atoms with Gasteiger partial charge in [-0.2, -0.15) is 0 Å². The van der Waals surface area contributed by atoms with E-state index in [1.165, 1.54) is 6.07 Å². The van der Waals surface area contributed by atoms with Crippen molar-refractivity contribution in [2.24, 2.45) is 0 Å². The smallest absolute Gasteiger partial charge is 0.274 e. The molecule has 3 aromatic rings. The Morgan fingerprint density at radius 1 is 1.32 bits per heavy atom. The summed E-state index contributed by atoms with van der Waals surface area (Å²) >= 11 is 0. The largest absolute Gasteiger partial charge is 0.508 e. The molecule has 0 spiro atoms. The first-order valence-electron chi connectivity index (χ1n) is 6.72. The number of nitrogens with one attached hydrogen (secondary N) is 1. The van der Waals surface area contributed by atoms with Crippen LogP contribution < -0.4 is 10.1 Å². The summed E-state index contributed by atoms with van der Waals surface area (Å²) in [5.74, 6) is 0.389. The maximum absolute atomic E-state index is 12.5. The summed E-state index contributed by atoms with van der Waals surface area (Å²) < 4.78 is 6.95. The number of nitrogens with zero attached hydrogens (tertiary/aromatic N) is 2. The Kier molecular flexibility index (Phi) is 3.42. The lowest BCUT2D eigenvalue weighted by Gasteiger charge is -2.07. The number of carbonyl (C=O) groups is 1. The van der Waals surface area contributed by atoms with Crippen LogP contribution in [0.1, 0.15) is 16.2 Å². The third kappa shape index (κ3) is 2.35. The summed E-state index contributed by atoms with van der Waals surface area (Å²) in [6.07, 6.45) is 1.76. The lowest BCUT2D eigenvalue weighted by molar-refractivity contribution is 0.102. The lowest BCUT2D eigenvalue weighted by Crippen LogP contribution is -2.15. The second-order valence-electron chi connectivity index (χ2n) is 4.82. The molecule has 0 atom stereocenters. The van der Waals surface area contributed by atoms with E-state index < -0.39 is 0 Å². The molecule has 2 heterocycles. The van der Waals surface area contributed by atoms with E-state index in [0.717, 1.165) is 0 Å². The molecule has 6 nitrogen and oxygen atoms in total. The molecule has 6 heteroatoms. The van der Waals surface area contributed by atoms with E-state index in [1.807, 2.05) is 0 Å². The van der Waals surface area contributed by atoms with Crippen molar-refractivity contribution in [2.45, 2.75) is 6.92 Å². The van der Waals surface area contributed by atoms with E-state index >= 15 is 0 Å². The number of ether oxygens (including phenoxy) is 1. The van der Waals surface area contributed by atoms with E-state index in [4.69, 9.17) is 4.74 Å².